The Morgan fingerprint density at radius 1 is 1.38 bits per heavy atom. The average Bonchev–Trinajstić information content (AvgIpc) is 2.84. The third-order valence-corrected chi connectivity index (χ3v) is 2.97. The largest absolute Gasteiger partial charge is 0.298 e. The van der Waals surface area contributed by atoms with E-state index in [-0.39, 0.29) is 5.41 Å². The Morgan fingerprint density at radius 2 is 2.08 bits per heavy atom. The molecule has 68 valence electrons. The summed E-state index contributed by atoms with van der Waals surface area (Å²) in [6.45, 7) is 2.20. The van der Waals surface area contributed by atoms with Gasteiger partial charge in [0.05, 0.1) is 0 Å². The Labute approximate surface area is 82.7 Å². The highest BCUT2D eigenvalue weighted by Gasteiger charge is 2.39. The zero-order valence-electron chi connectivity index (χ0n) is 7.51. The molecule has 0 spiro atoms. The molecule has 2 heteroatoms. The molecule has 0 radical (unpaired) electrons. The highest BCUT2D eigenvalue weighted by molar-refractivity contribution is 6.30. The van der Waals surface area contributed by atoms with Crippen molar-refractivity contribution in [1.29, 1.82) is 0 Å². The van der Waals surface area contributed by atoms with Crippen LogP contribution in [0, 0.1) is 0 Å². The predicted octanol–water partition coefficient (Wildman–Crippen LogP) is 3.20. The number of aldehydes is 1. The first-order valence-corrected chi connectivity index (χ1v) is 4.78. The van der Waals surface area contributed by atoms with Gasteiger partial charge in [-0.1, -0.05) is 18.5 Å². The number of hydrogen-bond acceptors (Lipinski definition) is 1. The smallest absolute Gasteiger partial charge is 0.150 e. The standard InChI is InChI=1S/C11H11ClO/c1-11(2-3-11)9-4-8(7-13)5-10(12)6-9/h4-7H,2-3H2,1H3. The van der Waals surface area contributed by atoms with Gasteiger partial charge in [-0.3, -0.25) is 4.79 Å². The first kappa shape index (κ1) is 8.76. The summed E-state index contributed by atoms with van der Waals surface area (Å²) in [7, 11) is 0. The van der Waals surface area contributed by atoms with Gasteiger partial charge < -0.3 is 0 Å². The van der Waals surface area contributed by atoms with Gasteiger partial charge in [0.1, 0.15) is 6.29 Å². The molecule has 2 rings (SSSR count). The SMILES string of the molecule is CC1(c2cc(Cl)cc(C=O)c2)CC1. The Kier molecular flexibility index (Phi) is 1.92. The summed E-state index contributed by atoms with van der Waals surface area (Å²) in [5, 5.41) is 0.660. The Hall–Kier alpha value is -0.820. The lowest BCUT2D eigenvalue weighted by Crippen LogP contribution is -2.00. The van der Waals surface area contributed by atoms with E-state index in [4.69, 9.17) is 11.6 Å². The molecule has 0 aromatic heterocycles. The molecule has 1 fully saturated rings. The number of hydrogen-bond donors (Lipinski definition) is 0. The molecule has 13 heavy (non-hydrogen) atoms. The fraction of sp³-hybridized carbons (Fsp3) is 0.364. The zero-order valence-corrected chi connectivity index (χ0v) is 8.27. The maximum Gasteiger partial charge on any atom is 0.150 e. The van der Waals surface area contributed by atoms with Crippen molar-refractivity contribution in [1.82, 2.24) is 0 Å². The van der Waals surface area contributed by atoms with Crippen molar-refractivity contribution in [3.8, 4) is 0 Å². The van der Waals surface area contributed by atoms with Crippen LogP contribution in [0.25, 0.3) is 0 Å². The van der Waals surface area contributed by atoms with Crippen LogP contribution >= 0.6 is 11.6 Å². The molecule has 0 amide bonds. The Bertz CT molecular complexity index is 353. The second kappa shape index (κ2) is 2.85. The molecular weight excluding hydrogens is 184 g/mol. The molecule has 0 heterocycles. The Morgan fingerprint density at radius 3 is 2.62 bits per heavy atom. The minimum atomic E-state index is 0.280. The molecule has 0 atom stereocenters. The van der Waals surface area contributed by atoms with E-state index in [1.807, 2.05) is 12.1 Å². The number of carbonyl (C=O) groups is 1. The van der Waals surface area contributed by atoms with Crippen LogP contribution in [-0.4, -0.2) is 6.29 Å². The monoisotopic (exact) mass is 194 g/mol. The predicted molar refractivity (Wildman–Crippen MR) is 53.4 cm³/mol. The minimum absolute atomic E-state index is 0.280. The second-order valence-electron chi connectivity index (χ2n) is 3.95. The first-order valence-electron chi connectivity index (χ1n) is 4.40. The normalized spacial score (nSPS) is 18.3. The fourth-order valence-corrected chi connectivity index (χ4v) is 1.75. The van der Waals surface area contributed by atoms with E-state index in [0.29, 0.717) is 10.6 Å². The molecule has 1 nitrogen and oxygen atoms in total. The van der Waals surface area contributed by atoms with E-state index >= 15 is 0 Å². The summed E-state index contributed by atoms with van der Waals surface area (Å²) in [5.74, 6) is 0. The summed E-state index contributed by atoms with van der Waals surface area (Å²) in [5.41, 5.74) is 2.15. The van der Waals surface area contributed by atoms with Gasteiger partial charge in [-0.05, 0) is 42.0 Å². The zero-order chi connectivity index (χ0) is 9.47. The molecule has 0 unspecified atom stereocenters. The molecule has 1 aromatic rings. The number of carbonyl (C=O) groups excluding carboxylic acids is 1. The van der Waals surface area contributed by atoms with Gasteiger partial charge in [-0.15, -0.1) is 0 Å². The van der Waals surface area contributed by atoms with Crippen LogP contribution in [0.5, 0.6) is 0 Å². The molecule has 0 saturated heterocycles. The van der Waals surface area contributed by atoms with Crippen LogP contribution in [0.1, 0.15) is 35.7 Å². The van der Waals surface area contributed by atoms with Crippen molar-refractivity contribution in [2.45, 2.75) is 25.2 Å². The number of benzene rings is 1. The van der Waals surface area contributed by atoms with E-state index in [1.54, 1.807) is 6.07 Å². The van der Waals surface area contributed by atoms with E-state index in [0.717, 1.165) is 6.29 Å². The van der Waals surface area contributed by atoms with E-state index < -0.39 is 0 Å². The van der Waals surface area contributed by atoms with Crippen molar-refractivity contribution in [3.63, 3.8) is 0 Å². The summed E-state index contributed by atoms with van der Waals surface area (Å²) in [4.78, 5) is 10.6. The summed E-state index contributed by atoms with van der Waals surface area (Å²) in [6.07, 6.45) is 3.25. The number of halogens is 1. The van der Waals surface area contributed by atoms with Crippen LogP contribution in [0.15, 0.2) is 18.2 Å². The highest BCUT2D eigenvalue weighted by Crippen LogP contribution is 2.48. The number of rotatable bonds is 2. The van der Waals surface area contributed by atoms with Crippen molar-refractivity contribution in [2.75, 3.05) is 0 Å². The Balaban J connectivity index is 2.46. The summed E-state index contributed by atoms with van der Waals surface area (Å²) >= 11 is 5.90. The van der Waals surface area contributed by atoms with Gasteiger partial charge >= 0.3 is 0 Å². The van der Waals surface area contributed by atoms with Gasteiger partial charge in [0.25, 0.3) is 0 Å². The maximum atomic E-state index is 10.6. The molecule has 1 aliphatic carbocycles. The average molecular weight is 195 g/mol. The first-order chi connectivity index (χ1) is 6.14. The molecule has 1 aliphatic rings. The minimum Gasteiger partial charge on any atom is -0.298 e. The van der Waals surface area contributed by atoms with Crippen LogP contribution in [0.3, 0.4) is 0 Å². The van der Waals surface area contributed by atoms with Crippen LogP contribution in [0.4, 0.5) is 0 Å². The van der Waals surface area contributed by atoms with Gasteiger partial charge in [0.15, 0.2) is 0 Å². The van der Waals surface area contributed by atoms with Gasteiger partial charge in [-0.2, -0.15) is 0 Å². The van der Waals surface area contributed by atoms with Crippen molar-refractivity contribution in [2.24, 2.45) is 0 Å². The van der Waals surface area contributed by atoms with E-state index in [2.05, 4.69) is 6.92 Å². The molecule has 0 aliphatic heterocycles. The lowest BCUT2D eigenvalue weighted by atomic mass is 9.97. The molecule has 1 aromatic carbocycles. The van der Waals surface area contributed by atoms with Gasteiger partial charge in [-0.25, -0.2) is 0 Å². The van der Waals surface area contributed by atoms with E-state index in [1.165, 1.54) is 18.4 Å². The topological polar surface area (TPSA) is 17.1 Å². The molecule has 0 bridgehead atoms. The van der Waals surface area contributed by atoms with E-state index in [9.17, 15) is 4.79 Å². The lowest BCUT2D eigenvalue weighted by molar-refractivity contribution is 0.112. The van der Waals surface area contributed by atoms with Crippen LogP contribution in [-0.2, 0) is 5.41 Å². The highest BCUT2D eigenvalue weighted by atomic mass is 35.5. The quantitative estimate of drug-likeness (QED) is 0.661. The van der Waals surface area contributed by atoms with Crippen LogP contribution in [0.2, 0.25) is 5.02 Å². The second-order valence-corrected chi connectivity index (χ2v) is 4.39. The van der Waals surface area contributed by atoms with Gasteiger partial charge in [0, 0.05) is 10.6 Å². The van der Waals surface area contributed by atoms with Crippen molar-refractivity contribution in [3.05, 3.63) is 34.3 Å². The van der Waals surface area contributed by atoms with Crippen LogP contribution < -0.4 is 0 Å². The maximum absolute atomic E-state index is 10.6. The lowest BCUT2D eigenvalue weighted by Gasteiger charge is -2.09. The molecular formula is C11H11ClO. The fourth-order valence-electron chi connectivity index (χ4n) is 1.51. The molecule has 1 saturated carbocycles. The third-order valence-electron chi connectivity index (χ3n) is 2.75. The molecule has 0 N–H and O–H groups in total. The summed E-state index contributed by atoms with van der Waals surface area (Å²) in [6, 6.07) is 5.59. The van der Waals surface area contributed by atoms with Crippen molar-refractivity contribution >= 4 is 17.9 Å². The van der Waals surface area contributed by atoms with Crippen molar-refractivity contribution < 1.29 is 4.79 Å². The van der Waals surface area contributed by atoms with Gasteiger partial charge in [0.2, 0.25) is 0 Å². The summed E-state index contributed by atoms with van der Waals surface area (Å²) < 4.78 is 0. The third kappa shape index (κ3) is 1.61.